The summed E-state index contributed by atoms with van der Waals surface area (Å²) in [6, 6.07) is 8.00. The zero-order valence-corrected chi connectivity index (χ0v) is 24.8. The van der Waals surface area contributed by atoms with Crippen LogP contribution >= 0.6 is 0 Å². The van der Waals surface area contributed by atoms with Gasteiger partial charge < -0.3 is 24.5 Å². The third-order valence-electron chi connectivity index (χ3n) is 9.69. The molecule has 2 atom stereocenters. The number of fused-ring (bicyclic) bond motifs is 2. The number of carbonyl (C=O) groups is 1. The van der Waals surface area contributed by atoms with Gasteiger partial charge in [0.2, 0.25) is 11.9 Å². The zero-order valence-electron chi connectivity index (χ0n) is 24.8. The largest absolute Gasteiger partial charge is 0.368 e. The lowest BCUT2D eigenvalue weighted by molar-refractivity contribution is -0.128. The maximum atomic E-state index is 14.3. The van der Waals surface area contributed by atoms with Crippen LogP contribution in [0, 0.1) is 17.1 Å². The van der Waals surface area contributed by atoms with Crippen LogP contribution in [0.4, 0.5) is 21.8 Å². The van der Waals surface area contributed by atoms with E-state index in [4.69, 9.17) is 9.97 Å². The molecule has 2 fully saturated rings. The maximum Gasteiger partial charge on any atom is 0.246 e. The number of piperazine rings is 1. The highest BCUT2D eigenvalue weighted by molar-refractivity contribution is 5.87. The van der Waals surface area contributed by atoms with Crippen molar-refractivity contribution in [2.45, 2.75) is 63.6 Å². The molecular weight excluding hydrogens is 531 g/mol. The van der Waals surface area contributed by atoms with E-state index in [0.717, 1.165) is 81.4 Å². The summed E-state index contributed by atoms with van der Waals surface area (Å²) in [4.78, 5) is 34.0. The molecule has 0 unspecified atom stereocenters. The molecule has 4 aliphatic rings. The van der Waals surface area contributed by atoms with Gasteiger partial charge >= 0.3 is 0 Å². The van der Waals surface area contributed by atoms with Crippen molar-refractivity contribution in [1.82, 2.24) is 19.8 Å². The van der Waals surface area contributed by atoms with Crippen LogP contribution in [0.3, 0.4) is 0 Å². The Morgan fingerprint density at radius 2 is 2.02 bits per heavy atom. The van der Waals surface area contributed by atoms with Crippen molar-refractivity contribution in [3.05, 3.63) is 53.5 Å². The molecule has 2 aromatic rings. The van der Waals surface area contributed by atoms with Gasteiger partial charge in [-0.2, -0.15) is 10.2 Å². The fraction of sp³-hybridized carbons (Fsp3) is 0.562. The van der Waals surface area contributed by atoms with Crippen LogP contribution in [0.1, 0.15) is 43.0 Å². The summed E-state index contributed by atoms with van der Waals surface area (Å²) in [6.45, 7) is 11.3. The number of rotatable bonds is 7. The van der Waals surface area contributed by atoms with E-state index < -0.39 is 0 Å². The van der Waals surface area contributed by atoms with Crippen LogP contribution in [0.2, 0.25) is 0 Å². The third kappa shape index (κ3) is 5.31. The molecule has 0 bridgehead atoms. The fourth-order valence-corrected chi connectivity index (χ4v) is 7.08. The van der Waals surface area contributed by atoms with Crippen LogP contribution in [0.5, 0.6) is 0 Å². The van der Waals surface area contributed by atoms with Gasteiger partial charge in [-0.15, -0.1) is 0 Å². The second-order valence-corrected chi connectivity index (χ2v) is 12.1. The number of benzene rings is 1. The molecule has 1 aromatic heterocycles. The quantitative estimate of drug-likeness (QED) is 0.468. The van der Waals surface area contributed by atoms with E-state index in [-0.39, 0.29) is 30.2 Å². The zero-order chi connectivity index (χ0) is 29.4. The third-order valence-corrected chi connectivity index (χ3v) is 9.69. The van der Waals surface area contributed by atoms with Gasteiger partial charge in [-0.05, 0) is 63.0 Å². The minimum absolute atomic E-state index is 0.131. The second-order valence-electron chi connectivity index (χ2n) is 12.1. The van der Waals surface area contributed by atoms with Crippen molar-refractivity contribution < 1.29 is 9.18 Å². The smallest absolute Gasteiger partial charge is 0.246 e. The van der Waals surface area contributed by atoms with Crippen LogP contribution in [0.25, 0.3) is 0 Å². The minimum atomic E-state index is -0.217. The van der Waals surface area contributed by atoms with Crippen molar-refractivity contribution >= 4 is 23.4 Å². The Bertz CT molecular complexity index is 1390. The van der Waals surface area contributed by atoms with E-state index in [2.05, 4.69) is 46.2 Å². The molecule has 0 saturated carbocycles. The van der Waals surface area contributed by atoms with Crippen molar-refractivity contribution in [1.29, 1.82) is 5.26 Å². The number of anilines is 3. The molecule has 42 heavy (non-hydrogen) atoms. The van der Waals surface area contributed by atoms with E-state index in [1.54, 1.807) is 17.0 Å². The molecule has 2 saturated heterocycles. The van der Waals surface area contributed by atoms with Crippen LogP contribution < -0.4 is 14.7 Å². The standard InChI is InChI=1S/C32H41FN8O/c1-4-30(42)41-16-15-38(19-25(41)12-13-34)31-27-11-10-24(40-14-6-7-22-8-9-23(33)17-29(22)40)18-28(27)35-32(36-31)39-20-26(21-39)37(3)5-2/h4,8-9,17,24-26H,1,5-7,10-12,14-16,18-21H2,2-3H3/t24-,25+/m1/s1. The SMILES string of the molecule is C=CC(=O)N1CCN(c2nc(N3CC(N(C)CC)C3)nc3c2CC[C@@H](N2CCCc4ccc(F)cc42)C3)C[C@@H]1CC#N. The highest BCUT2D eigenvalue weighted by Gasteiger charge is 2.37. The summed E-state index contributed by atoms with van der Waals surface area (Å²) in [5.41, 5.74) is 4.50. The number of aryl methyl sites for hydroxylation is 1. The predicted octanol–water partition coefficient (Wildman–Crippen LogP) is 3.18. The highest BCUT2D eigenvalue weighted by atomic mass is 19.1. The molecular formula is C32H41FN8O. The molecule has 4 heterocycles. The summed E-state index contributed by atoms with van der Waals surface area (Å²) < 4.78 is 14.3. The average molecular weight is 573 g/mol. The molecule has 0 N–H and O–H groups in total. The number of hydrogen-bond donors (Lipinski definition) is 0. The number of nitriles is 1. The Kier molecular flexibility index (Phi) is 8.04. The first-order valence-electron chi connectivity index (χ1n) is 15.3. The van der Waals surface area contributed by atoms with Gasteiger partial charge in [0.25, 0.3) is 0 Å². The molecule has 1 amide bonds. The van der Waals surface area contributed by atoms with E-state index >= 15 is 0 Å². The first-order valence-corrected chi connectivity index (χ1v) is 15.3. The van der Waals surface area contributed by atoms with Crippen LogP contribution in [-0.4, -0.2) is 96.7 Å². The lowest BCUT2D eigenvalue weighted by Crippen LogP contribution is -2.59. The number of carbonyl (C=O) groups excluding carboxylic acids is 1. The Labute approximate surface area is 248 Å². The highest BCUT2D eigenvalue weighted by Crippen LogP contribution is 2.37. The number of likely N-dealkylation sites (N-methyl/N-ethyl adjacent to an activating group) is 1. The lowest BCUT2D eigenvalue weighted by atomic mass is 9.88. The van der Waals surface area contributed by atoms with Gasteiger partial charge in [0, 0.05) is 69.0 Å². The number of hydrogen-bond acceptors (Lipinski definition) is 8. The number of halogens is 1. The molecule has 1 aliphatic carbocycles. The normalized spacial score (nSPS) is 22.4. The molecule has 0 radical (unpaired) electrons. The molecule has 1 aromatic carbocycles. The van der Waals surface area contributed by atoms with E-state index in [1.165, 1.54) is 17.2 Å². The summed E-state index contributed by atoms with van der Waals surface area (Å²) in [5.74, 6) is 1.39. The molecule has 0 spiro atoms. The monoisotopic (exact) mass is 572 g/mol. The first kappa shape index (κ1) is 28.4. The first-order chi connectivity index (χ1) is 20.4. The van der Waals surface area contributed by atoms with Crippen LogP contribution in [0.15, 0.2) is 30.9 Å². The van der Waals surface area contributed by atoms with Gasteiger partial charge in [-0.25, -0.2) is 9.37 Å². The van der Waals surface area contributed by atoms with E-state index in [9.17, 15) is 14.4 Å². The number of aromatic nitrogens is 2. The van der Waals surface area contributed by atoms with Gasteiger partial charge in [0.15, 0.2) is 0 Å². The molecule has 6 rings (SSSR count). The summed E-state index contributed by atoms with van der Waals surface area (Å²) >= 11 is 0. The number of nitrogens with zero attached hydrogens (tertiary/aromatic N) is 8. The van der Waals surface area contributed by atoms with Gasteiger partial charge in [0.1, 0.15) is 11.6 Å². The van der Waals surface area contributed by atoms with Gasteiger partial charge in [-0.1, -0.05) is 19.6 Å². The van der Waals surface area contributed by atoms with Crippen molar-refractivity contribution in [3.63, 3.8) is 0 Å². The predicted molar refractivity (Wildman–Crippen MR) is 162 cm³/mol. The summed E-state index contributed by atoms with van der Waals surface area (Å²) in [5, 5.41) is 9.53. The van der Waals surface area contributed by atoms with Crippen molar-refractivity contribution in [2.75, 3.05) is 67.6 Å². The van der Waals surface area contributed by atoms with E-state index in [0.29, 0.717) is 25.7 Å². The molecule has 3 aliphatic heterocycles. The molecule has 222 valence electrons. The van der Waals surface area contributed by atoms with Gasteiger partial charge in [0.05, 0.1) is 24.2 Å². The Balaban J connectivity index is 1.32. The Morgan fingerprint density at radius 1 is 1.19 bits per heavy atom. The maximum absolute atomic E-state index is 14.3. The van der Waals surface area contributed by atoms with Gasteiger partial charge in [-0.3, -0.25) is 4.79 Å². The molecule has 9 nitrogen and oxygen atoms in total. The Hall–Kier alpha value is -3.71. The Morgan fingerprint density at radius 3 is 2.79 bits per heavy atom. The minimum Gasteiger partial charge on any atom is -0.368 e. The van der Waals surface area contributed by atoms with Crippen molar-refractivity contribution in [3.8, 4) is 6.07 Å². The number of amides is 1. The topological polar surface area (TPSA) is 82.8 Å². The summed E-state index contributed by atoms with van der Waals surface area (Å²) in [6.07, 6.45) is 6.23. The van der Waals surface area contributed by atoms with Crippen molar-refractivity contribution in [2.24, 2.45) is 0 Å². The molecule has 10 heteroatoms. The lowest BCUT2D eigenvalue weighted by Gasteiger charge is -2.46. The van der Waals surface area contributed by atoms with Crippen LogP contribution in [-0.2, 0) is 24.1 Å². The second kappa shape index (κ2) is 11.9. The fourth-order valence-electron chi connectivity index (χ4n) is 7.08. The summed E-state index contributed by atoms with van der Waals surface area (Å²) in [7, 11) is 2.16. The van der Waals surface area contributed by atoms with E-state index in [1.807, 2.05) is 6.07 Å². The average Bonchev–Trinajstić information content (AvgIpc) is 2.99.